The van der Waals surface area contributed by atoms with E-state index in [1.807, 2.05) is 0 Å². The van der Waals surface area contributed by atoms with Gasteiger partial charge in [0.2, 0.25) is 6.10 Å². The molecule has 0 aromatic carbocycles. The summed E-state index contributed by atoms with van der Waals surface area (Å²) in [6.07, 6.45) is -0.700. The minimum Gasteiger partial charge on any atom is -0.478 e. The van der Waals surface area contributed by atoms with Crippen LogP contribution in [0.25, 0.3) is 0 Å². The number of hydrogen-bond acceptors (Lipinski definition) is 3. The van der Waals surface area contributed by atoms with Gasteiger partial charge in [-0.2, -0.15) is 0 Å². The van der Waals surface area contributed by atoms with Gasteiger partial charge in [0.05, 0.1) is 6.42 Å². The van der Waals surface area contributed by atoms with Crippen molar-refractivity contribution >= 4 is 22.7 Å². The number of carboxylic acid groups (broad SMARTS) is 1. The second kappa shape index (κ2) is 2.23. The molecule has 0 fully saturated rings. The van der Waals surface area contributed by atoms with Crippen LogP contribution in [0, 0.1) is 0 Å². The van der Waals surface area contributed by atoms with E-state index in [4.69, 9.17) is 16.7 Å². The molecular weight excluding hydrogens is 146 g/mol. The minimum absolute atomic E-state index is 0.177. The Morgan fingerprint density at radius 1 is 2.00 bits per heavy atom. The van der Waals surface area contributed by atoms with Crippen molar-refractivity contribution in [1.29, 1.82) is 0 Å². The van der Waals surface area contributed by atoms with Crippen LogP contribution in [0.1, 0.15) is 6.42 Å². The number of aliphatic carboxylic acids is 1. The molecule has 1 rings (SSSR count). The first kappa shape index (κ1) is 6.35. The third-order valence-corrected chi connectivity index (χ3v) is 1.13. The molecule has 0 amide bonds. The molecule has 0 radical (unpaired) electrons. The molecule has 5 heteroatoms. The molecule has 1 atom stereocenters. The highest BCUT2D eigenvalue weighted by Crippen LogP contribution is 2.12. The first-order valence-electron chi connectivity index (χ1n) is 2.31. The van der Waals surface area contributed by atoms with Crippen molar-refractivity contribution in [3.63, 3.8) is 0 Å². The number of halogens is 1. The van der Waals surface area contributed by atoms with Gasteiger partial charge in [0, 0.05) is 0 Å². The minimum atomic E-state index is -1.03. The summed E-state index contributed by atoms with van der Waals surface area (Å²) in [5, 5.41) is 11.7. The van der Waals surface area contributed by atoms with Gasteiger partial charge >= 0.3 is 5.97 Å². The Labute approximate surface area is 56.1 Å². The lowest BCUT2D eigenvalue weighted by Gasteiger charge is -1.97. The summed E-state index contributed by atoms with van der Waals surface area (Å²) < 4.78 is 0. The number of carboxylic acids is 1. The maximum absolute atomic E-state index is 10.1. The zero-order valence-electron chi connectivity index (χ0n) is 4.37. The standard InChI is InChI=1S/C4H4ClNO3/c5-3-1-2(4(7)8)9-6-3/h2H,1H2,(H,7,8). The Kier molecular flexibility index (Phi) is 1.57. The van der Waals surface area contributed by atoms with E-state index >= 15 is 0 Å². The number of carbonyl (C=O) groups is 1. The van der Waals surface area contributed by atoms with E-state index in [0.29, 0.717) is 0 Å². The molecule has 1 aliphatic heterocycles. The van der Waals surface area contributed by atoms with E-state index in [9.17, 15) is 4.79 Å². The fourth-order valence-corrected chi connectivity index (χ4v) is 0.661. The average Bonchev–Trinajstić information content (AvgIpc) is 2.14. The Hall–Kier alpha value is -0.770. The molecule has 50 valence electrons. The van der Waals surface area contributed by atoms with E-state index in [1.54, 1.807) is 0 Å². The van der Waals surface area contributed by atoms with Gasteiger partial charge in [0.1, 0.15) is 5.17 Å². The first-order chi connectivity index (χ1) is 4.20. The van der Waals surface area contributed by atoms with Crippen molar-refractivity contribution in [1.82, 2.24) is 0 Å². The van der Waals surface area contributed by atoms with Gasteiger partial charge in [-0.3, -0.25) is 0 Å². The summed E-state index contributed by atoms with van der Waals surface area (Å²) in [5.41, 5.74) is 0. The third-order valence-electron chi connectivity index (χ3n) is 0.908. The molecular formula is C4H4ClNO3. The summed E-state index contributed by atoms with van der Waals surface area (Å²) in [6.45, 7) is 0. The fraction of sp³-hybridized carbons (Fsp3) is 0.500. The van der Waals surface area contributed by atoms with Gasteiger partial charge in [0.15, 0.2) is 0 Å². The molecule has 1 heterocycles. The van der Waals surface area contributed by atoms with E-state index in [2.05, 4.69) is 9.99 Å². The normalized spacial score (nSPS) is 25.0. The highest BCUT2D eigenvalue weighted by molar-refractivity contribution is 6.65. The van der Waals surface area contributed by atoms with Gasteiger partial charge in [0.25, 0.3) is 0 Å². The van der Waals surface area contributed by atoms with E-state index < -0.39 is 12.1 Å². The van der Waals surface area contributed by atoms with E-state index in [1.165, 1.54) is 0 Å². The van der Waals surface area contributed by atoms with Crippen LogP contribution in [0.15, 0.2) is 5.16 Å². The molecule has 1 N–H and O–H groups in total. The van der Waals surface area contributed by atoms with Crippen molar-refractivity contribution in [3.05, 3.63) is 0 Å². The largest absolute Gasteiger partial charge is 0.478 e. The molecule has 0 aromatic rings. The van der Waals surface area contributed by atoms with Crippen LogP contribution in [-0.4, -0.2) is 22.4 Å². The van der Waals surface area contributed by atoms with Crippen molar-refractivity contribution in [2.45, 2.75) is 12.5 Å². The summed E-state index contributed by atoms with van der Waals surface area (Å²) in [7, 11) is 0. The van der Waals surface area contributed by atoms with Gasteiger partial charge in [-0.25, -0.2) is 4.79 Å². The summed E-state index contributed by atoms with van der Waals surface area (Å²) in [5.74, 6) is -1.03. The van der Waals surface area contributed by atoms with Gasteiger partial charge < -0.3 is 9.94 Å². The van der Waals surface area contributed by atoms with Crippen molar-refractivity contribution in [2.24, 2.45) is 5.16 Å². The quantitative estimate of drug-likeness (QED) is 0.588. The molecule has 1 unspecified atom stereocenters. The van der Waals surface area contributed by atoms with Crippen LogP contribution in [0.3, 0.4) is 0 Å². The van der Waals surface area contributed by atoms with Crippen LogP contribution in [0.5, 0.6) is 0 Å². The zero-order valence-corrected chi connectivity index (χ0v) is 5.13. The van der Waals surface area contributed by atoms with Crippen molar-refractivity contribution < 1.29 is 14.7 Å². The van der Waals surface area contributed by atoms with Crippen LogP contribution in [-0.2, 0) is 9.63 Å². The summed E-state index contributed by atoms with van der Waals surface area (Å²) in [6, 6.07) is 0. The second-order valence-electron chi connectivity index (χ2n) is 1.60. The van der Waals surface area contributed by atoms with Crippen LogP contribution in [0.4, 0.5) is 0 Å². The zero-order chi connectivity index (χ0) is 6.85. The third kappa shape index (κ3) is 1.32. The molecule has 0 saturated heterocycles. The average molecular weight is 150 g/mol. The predicted molar refractivity (Wildman–Crippen MR) is 30.4 cm³/mol. The highest BCUT2D eigenvalue weighted by atomic mass is 35.5. The summed E-state index contributed by atoms with van der Waals surface area (Å²) >= 11 is 5.31. The monoisotopic (exact) mass is 149 g/mol. The lowest BCUT2D eigenvalue weighted by atomic mass is 10.3. The Morgan fingerprint density at radius 3 is 2.89 bits per heavy atom. The topological polar surface area (TPSA) is 58.9 Å². The molecule has 0 bridgehead atoms. The first-order valence-corrected chi connectivity index (χ1v) is 2.69. The fourth-order valence-electron chi connectivity index (χ4n) is 0.481. The number of rotatable bonds is 1. The van der Waals surface area contributed by atoms with Crippen molar-refractivity contribution in [3.8, 4) is 0 Å². The van der Waals surface area contributed by atoms with Gasteiger partial charge in [-0.15, -0.1) is 0 Å². The Bertz CT molecular complexity index is 167. The molecule has 1 aliphatic rings. The van der Waals surface area contributed by atoms with Crippen molar-refractivity contribution in [2.75, 3.05) is 0 Å². The molecule has 9 heavy (non-hydrogen) atoms. The number of oxime groups is 1. The number of hydrogen-bond donors (Lipinski definition) is 1. The SMILES string of the molecule is O=C(O)C1CC(Cl)=NO1. The lowest BCUT2D eigenvalue weighted by molar-refractivity contribution is -0.148. The molecule has 4 nitrogen and oxygen atoms in total. The maximum Gasteiger partial charge on any atom is 0.348 e. The molecule has 0 saturated carbocycles. The van der Waals surface area contributed by atoms with E-state index in [0.717, 1.165) is 0 Å². The Balaban J connectivity index is 2.47. The molecule has 0 spiro atoms. The molecule has 0 aromatic heterocycles. The number of nitrogens with zero attached hydrogens (tertiary/aromatic N) is 1. The van der Waals surface area contributed by atoms with Crippen LogP contribution in [0.2, 0.25) is 0 Å². The molecule has 0 aliphatic carbocycles. The van der Waals surface area contributed by atoms with E-state index in [-0.39, 0.29) is 11.6 Å². The predicted octanol–water partition coefficient (Wildman–Crippen LogP) is 0.412. The van der Waals surface area contributed by atoms with Gasteiger partial charge in [-0.05, 0) is 0 Å². The second-order valence-corrected chi connectivity index (χ2v) is 2.04. The highest BCUT2D eigenvalue weighted by Gasteiger charge is 2.26. The van der Waals surface area contributed by atoms with Crippen LogP contribution < -0.4 is 0 Å². The van der Waals surface area contributed by atoms with Crippen LogP contribution >= 0.6 is 11.6 Å². The maximum atomic E-state index is 10.1. The smallest absolute Gasteiger partial charge is 0.348 e. The van der Waals surface area contributed by atoms with Gasteiger partial charge in [-0.1, -0.05) is 16.8 Å². The Morgan fingerprint density at radius 2 is 2.67 bits per heavy atom. The summed E-state index contributed by atoms with van der Waals surface area (Å²) in [4.78, 5) is 14.5. The lowest BCUT2D eigenvalue weighted by Crippen LogP contribution is -2.18.